The molecule has 108 valence electrons. The van der Waals surface area contributed by atoms with Gasteiger partial charge in [0.15, 0.2) is 0 Å². The van der Waals surface area contributed by atoms with Gasteiger partial charge in [0.05, 0.1) is 10.8 Å². The van der Waals surface area contributed by atoms with Gasteiger partial charge < -0.3 is 0 Å². The number of benzene rings is 1. The van der Waals surface area contributed by atoms with Crippen LogP contribution < -0.4 is 0 Å². The Balaban J connectivity index is 1.73. The highest BCUT2D eigenvalue weighted by Gasteiger charge is 2.29. The third-order valence-corrected chi connectivity index (χ3v) is 5.60. The van der Waals surface area contributed by atoms with Gasteiger partial charge in [-0.15, -0.1) is 0 Å². The van der Waals surface area contributed by atoms with E-state index in [1.165, 1.54) is 12.8 Å². The number of carbonyl (C=O) groups excluding carboxylic acids is 1. The Morgan fingerprint density at radius 3 is 2.71 bits per heavy atom. The molecule has 0 bridgehead atoms. The van der Waals surface area contributed by atoms with Crippen molar-refractivity contribution in [2.24, 2.45) is 0 Å². The van der Waals surface area contributed by atoms with Crippen LogP contribution in [0, 0.1) is 0 Å². The van der Waals surface area contributed by atoms with Crippen molar-refractivity contribution in [3.8, 4) is 0 Å². The van der Waals surface area contributed by atoms with E-state index in [-0.39, 0.29) is 5.25 Å². The predicted octanol–water partition coefficient (Wildman–Crippen LogP) is 4.11. The summed E-state index contributed by atoms with van der Waals surface area (Å²) in [4.78, 5) is 21.6. The van der Waals surface area contributed by atoms with E-state index >= 15 is 0 Å². The summed E-state index contributed by atoms with van der Waals surface area (Å²) in [6.45, 7) is 0. The normalized spacial score (nSPS) is 22.7. The molecule has 2 aliphatic carbocycles. The molecular formula is C17H18N2OS. The summed E-state index contributed by atoms with van der Waals surface area (Å²) in [5.41, 5.74) is 1.01. The second-order valence-electron chi connectivity index (χ2n) is 6.00. The third-order valence-electron chi connectivity index (χ3n) is 4.28. The molecule has 0 radical (unpaired) electrons. The minimum Gasteiger partial charge on any atom is -0.298 e. The number of Topliss-reactive ketones (excluding diaryl/α,β-unsaturated/α-hetero) is 1. The Hall–Kier alpha value is -1.42. The molecule has 2 aliphatic rings. The first-order valence-corrected chi connectivity index (χ1v) is 8.65. The number of para-hydroxylation sites is 1. The highest BCUT2D eigenvalue weighted by atomic mass is 32.2. The number of rotatable bonds is 3. The van der Waals surface area contributed by atoms with Gasteiger partial charge in [0.25, 0.3) is 0 Å². The molecule has 4 rings (SSSR count). The molecule has 1 atom stereocenters. The minimum atomic E-state index is 0.0871. The van der Waals surface area contributed by atoms with Crippen molar-refractivity contribution in [2.75, 3.05) is 0 Å². The lowest BCUT2D eigenvalue weighted by molar-refractivity contribution is -0.119. The Morgan fingerprint density at radius 1 is 1.05 bits per heavy atom. The summed E-state index contributed by atoms with van der Waals surface area (Å²) < 4.78 is 0. The van der Waals surface area contributed by atoms with E-state index < -0.39 is 0 Å². The van der Waals surface area contributed by atoms with Crippen molar-refractivity contribution in [1.82, 2.24) is 9.97 Å². The highest BCUT2D eigenvalue weighted by molar-refractivity contribution is 8.00. The third kappa shape index (κ3) is 2.69. The van der Waals surface area contributed by atoms with Crippen molar-refractivity contribution in [2.45, 2.75) is 54.7 Å². The van der Waals surface area contributed by atoms with Crippen molar-refractivity contribution in [3.63, 3.8) is 0 Å². The molecule has 3 nitrogen and oxygen atoms in total. The monoisotopic (exact) mass is 298 g/mol. The maximum absolute atomic E-state index is 12.1. The molecule has 1 heterocycles. The summed E-state index contributed by atoms with van der Waals surface area (Å²) >= 11 is 1.66. The van der Waals surface area contributed by atoms with Gasteiger partial charge in [-0.1, -0.05) is 36.4 Å². The van der Waals surface area contributed by atoms with Crippen LogP contribution in [0.1, 0.15) is 50.3 Å². The van der Waals surface area contributed by atoms with Gasteiger partial charge in [0.1, 0.15) is 16.6 Å². The Labute approximate surface area is 128 Å². The second-order valence-corrected chi connectivity index (χ2v) is 7.19. The first kappa shape index (κ1) is 13.3. The van der Waals surface area contributed by atoms with E-state index in [4.69, 9.17) is 9.97 Å². The van der Waals surface area contributed by atoms with Gasteiger partial charge in [-0.25, -0.2) is 9.97 Å². The summed E-state index contributed by atoms with van der Waals surface area (Å²) in [6, 6.07) is 8.17. The summed E-state index contributed by atoms with van der Waals surface area (Å²) in [6.07, 6.45) is 6.32. The number of hydrogen-bond donors (Lipinski definition) is 0. The molecule has 21 heavy (non-hydrogen) atoms. The number of hydrogen-bond acceptors (Lipinski definition) is 4. The summed E-state index contributed by atoms with van der Waals surface area (Å²) in [7, 11) is 0. The van der Waals surface area contributed by atoms with Crippen molar-refractivity contribution < 1.29 is 4.79 Å². The number of nitrogens with zero attached hydrogens (tertiary/aromatic N) is 2. The molecule has 4 heteroatoms. The van der Waals surface area contributed by atoms with E-state index in [1.54, 1.807) is 11.8 Å². The van der Waals surface area contributed by atoms with Crippen LogP contribution in [0.3, 0.4) is 0 Å². The number of ketones is 1. The average Bonchev–Trinajstić information content (AvgIpc) is 3.34. The van der Waals surface area contributed by atoms with E-state index in [0.29, 0.717) is 11.7 Å². The first-order chi connectivity index (χ1) is 10.3. The van der Waals surface area contributed by atoms with Gasteiger partial charge in [0.2, 0.25) is 0 Å². The molecule has 1 unspecified atom stereocenters. The molecule has 0 amide bonds. The lowest BCUT2D eigenvalue weighted by Crippen LogP contribution is -2.21. The number of carbonyl (C=O) groups is 1. The lowest BCUT2D eigenvalue weighted by atomic mass is 9.99. The molecule has 1 aromatic carbocycles. The van der Waals surface area contributed by atoms with E-state index in [0.717, 1.165) is 47.4 Å². The van der Waals surface area contributed by atoms with Crippen molar-refractivity contribution >= 4 is 28.4 Å². The van der Waals surface area contributed by atoms with Crippen LogP contribution >= 0.6 is 11.8 Å². The number of fused-ring (bicyclic) bond motifs is 1. The predicted molar refractivity (Wildman–Crippen MR) is 84.6 cm³/mol. The molecule has 0 aliphatic heterocycles. The fraction of sp³-hybridized carbons (Fsp3) is 0.471. The van der Waals surface area contributed by atoms with Crippen LogP contribution in [0.5, 0.6) is 0 Å². The summed E-state index contributed by atoms with van der Waals surface area (Å²) in [5, 5.41) is 2.18. The van der Waals surface area contributed by atoms with E-state index in [9.17, 15) is 4.79 Å². The zero-order valence-electron chi connectivity index (χ0n) is 11.9. The van der Waals surface area contributed by atoms with Gasteiger partial charge in [-0.3, -0.25) is 4.79 Å². The van der Waals surface area contributed by atoms with Gasteiger partial charge in [-0.05, 0) is 31.7 Å². The molecule has 2 aromatic rings. The smallest absolute Gasteiger partial charge is 0.146 e. The van der Waals surface area contributed by atoms with Gasteiger partial charge in [0, 0.05) is 17.7 Å². The van der Waals surface area contributed by atoms with Gasteiger partial charge >= 0.3 is 0 Å². The fourth-order valence-electron chi connectivity index (χ4n) is 2.89. The molecule has 0 saturated heterocycles. The number of thioether (sulfide) groups is 1. The van der Waals surface area contributed by atoms with Gasteiger partial charge in [-0.2, -0.15) is 0 Å². The zero-order chi connectivity index (χ0) is 14.2. The SMILES string of the molecule is O=C1CCCCC1Sc1nc(C2CC2)nc2ccccc12. The maximum atomic E-state index is 12.1. The van der Waals surface area contributed by atoms with Crippen LogP contribution in [-0.2, 0) is 4.79 Å². The van der Waals surface area contributed by atoms with Crippen LogP contribution in [0.25, 0.3) is 10.9 Å². The van der Waals surface area contributed by atoms with Crippen LogP contribution in [0.15, 0.2) is 29.3 Å². The molecule has 2 fully saturated rings. The lowest BCUT2D eigenvalue weighted by Gasteiger charge is -2.20. The van der Waals surface area contributed by atoms with E-state index in [2.05, 4.69) is 12.1 Å². The largest absolute Gasteiger partial charge is 0.298 e. The molecule has 2 saturated carbocycles. The minimum absolute atomic E-state index is 0.0871. The van der Waals surface area contributed by atoms with Crippen molar-refractivity contribution in [1.29, 1.82) is 0 Å². The topological polar surface area (TPSA) is 42.9 Å². The molecule has 1 aromatic heterocycles. The highest BCUT2D eigenvalue weighted by Crippen LogP contribution is 2.41. The van der Waals surface area contributed by atoms with Crippen LogP contribution in [0.2, 0.25) is 0 Å². The Morgan fingerprint density at radius 2 is 1.90 bits per heavy atom. The fourth-order valence-corrected chi connectivity index (χ4v) is 4.14. The summed E-state index contributed by atoms with van der Waals surface area (Å²) in [5.74, 6) is 1.90. The standard InChI is InChI=1S/C17H18N2OS/c20-14-7-3-4-8-15(14)21-17-12-5-1-2-6-13(12)18-16(19-17)11-9-10-11/h1-2,5-6,11,15H,3-4,7-10H2. The Kier molecular flexibility index (Phi) is 3.42. The van der Waals surface area contributed by atoms with Crippen molar-refractivity contribution in [3.05, 3.63) is 30.1 Å². The molecular weight excluding hydrogens is 280 g/mol. The average molecular weight is 298 g/mol. The quantitative estimate of drug-likeness (QED) is 0.800. The molecule has 0 spiro atoms. The molecule has 0 N–H and O–H groups in total. The maximum Gasteiger partial charge on any atom is 0.146 e. The van der Waals surface area contributed by atoms with Crippen LogP contribution in [-0.4, -0.2) is 21.0 Å². The second kappa shape index (κ2) is 5.41. The zero-order valence-corrected chi connectivity index (χ0v) is 12.7. The Bertz CT molecular complexity index is 696. The first-order valence-electron chi connectivity index (χ1n) is 7.77. The van der Waals surface area contributed by atoms with Crippen LogP contribution in [0.4, 0.5) is 0 Å². The van der Waals surface area contributed by atoms with E-state index in [1.807, 2.05) is 12.1 Å². The number of aromatic nitrogens is 2.